The fourth-order valence-corrected chi connectivity index (χ4v) is 1.60. The number of hydrogen-bond donors (Lipinski definition) is 2. The minimum absolute atomic E-state index is 0.0853. The lowest BCUT2D eigenvalue weighted by atomic mass is 10.2. The van der Waals surface area contributed by atoms with Crippen LogP contribution >= 0.6 is 11.8 Å². The van der Waals surface area contributed by atoms with E-state index >= 15 is 0 Å². The number of carbonyl (C=O) groups is 1. The maximum atomic E-state index is 11.7. The molecule has 0 unspecified atom stereocenters. The standard InChI is InChI=1S/C11H17N3OS/c1-3-9-6-8(7-10(12)14-9)11(15)13-4-5-16-2/h6-7H,3-5H2,1-2H3,(H2,12,14)(H,13,15). The number of amides is 1. The summed E-state index contributed by atoms with van der Waals surface area (Å²) in [6.07, 6.45) is 2.78. The van der Waals surface area contributed by atoms with Crippen molar-refractivity contribution in [3.8, 4) is 0 Å². The monoisotopic (exact) mass is 239 g/mol. The van der Waals surface area contributed by atoms with Crippen LogP contribution in [0.15, 0.2) is 12.1 Å². The van der Waals surface area contributed by atoms with E-state index in [0.29, 0.717) is 17.9 Å². The number of nitrogen functional groups attached to an aromatic ring is 1. The number of aryl methyl sites for hydroxylation is 1. The number of carbonyl (C=O) groups excluding carboxylic acids is 1. The van der Waals surface area contributed by atoms with Crippen LogP contribution in [0.25, 0.3) is 0 Å². The Hall–Kier alpha value is -1.23. The molecule has 5 heteroatoms. The molecule has 0 aliphatic carbocycles. The first-order chi connectivity index (χ1) is 7.67. The van der Waals surface area contributed by atoms with E-state index in [1.807, 2.05) is 13.2 Å². The fourth-order valence-electron chi connectivity index (χ4n) is 1.29. The molecule has 4 nitrogen and oxygen atoms in total. The van der Waals surface area contributed by atoms with Gasteiger partial charge in [0.1, 0.15) is 5.82 Å². The second-order valence-corrected chi connectivity index (χ2v) is 4.36. The van der Waals surface area contributed by atoms with Crippen LogP contribution in [-0.2, 0) is 6.42 Å². The second kappa shape index (κ2) is 6.37. The number of nitrogens with zero attached hydrogens (tertiary/aromatic N) is 1. The first-order valence-corrected chi connectivity index (χ1v) is 6.60. The largest absolute Gasteiger partial charge is 0.384 e. The Morgan fingerprint density at radius 2 is 2.31 bits per heavy atom. The van der Waals surface area contributed by atoms with E-state index in [-0.39, 0.29) is 5.91 Å². The molecular formula is C11H17N3OS. The minimum Gasteiger partial charge on any atom is -0.384 e. The molecule has 0 saturated heterocycles. The van der Waals surface area contributed by atoms with Gasteiger partial charge in [-0.1, -0.05) is 6.92 Å². The third kappa shape index (κ3) is 3.73. The lowest BCUT2D eigenvalue weighted by Gasteiger charge is -2.06. The molecule has 0 radical (unpaired) electrons. The number of hydrogen-bond acceptors (Lipinski definition) is 4. The van der Waals surface area contributed by atoms with Gasteiger partial charge in [-0.05, 0) is 24.8 Å². The van der Waals surface area contributed by atoms with Crippen LogP contribution in [0.5, 0.6) is 0 Å². The number of anilines is 1. The molecule has 1 aromatic heterocycles. The predicted octanol–water partition coefficient (Wildman–Crippen LogP) is 1.32. The molecule has 1 heterocycles. The van der Waals surface area contributed by atoms with E-state index in [4.69, 9.17) is 5.73 Å². The molecule has 0 spiro atoms. The van der Waals surface area contributed by atoms with Gasteiger partial charge in [0.2, 0.25) is 0 Å². The predicted molar refractivity (Wildman–Crippen MR) is 68.7 cm³/mol. The van der Waals surface area contributed by atoms with Gasteiger partial charge in [0.15, 0.2) is 0 Å². The molecule has 88 valence electrons. The second-order valence-electron chi connectivity index (χ2n) is 3.37. The molecule has 3 N–H and O–H groups in total. The molecule has 16 heavy (non-hydrogen) atoms. The maximum absolute atomic E-state index is 11.7. The third-order valence-electron chi connectivity index (χ3n) is 2.11. The van der Waals surface area contributed by atoms with E-state index < -0.39 is 0 Å². The van der Waals surface area contributed by atoms with E-state index in [1.165, 1.54) is 0 Å². The minimum atomic E-state index is -0.0853. The number of rotatable bonds is 5. The Morgan fingerprint density at radius 1 is 1.56 bits per heavy atom. The van der Waals surface area contributed by atoms with E-state index in [0.717, 1.165) is 17.9 Å². The van der Waals surface area contributed by atoms with Gasteiger partial charge < -0.3 is 11.1 Å². The van der Waals surface area contributed by atoms with Crippen molar-refractivity contribution in [3.63, 3.8) is 0 Å². The van der Waals surface area contributed by atoms with Crippen molar-refractivity contribution >= 4 is 23.5 Å². The molecule has 0 aliphatic heterocycles. The number of nitrogens with one attached hydrogen (secondary N) is 1. The van der Waals surface area contributed by atoms with Crippen LogP contribution in [0.4, 0.5) is 5.82 Å². The van der Waals surface area contributed by atoms with Gasteiger partial charge in [-0.15, -0.1) is 0 Å². The first-order valence-electron chi connectivity index (χ1n) is 5.21. The van der Waals surface area contributed by atoms with Gasteiger partial charge in [0.25, 0.3) is 5.91 Å². The normalized spacial score (nSPS) is 10.1. The first kappa shape index (κ1) is 12.8. The summed E-state index contributed by atoms with van der Waals surface area (Å²) in [6, 6.07) is 3.39. The lowest BCUT2D eigenvalue weighted by Crippen LogP contribution is -2.26. The smallest absolute Gasteiger partial charge is 0.251 e. The van der Waals surface area contributed by atoms with E-state index in [2.05, 4.69) is 10.3 Å². The van der Waals surface area contributed by atoms with Crippen molar-refractivity contribution in [1.29, 1.82) is 0 Å². The number of nitrogens with two attached hydrogens (primary N) is 1. The molecule has 0 saturated carbocycles. The average molecular weight is 239 g/mol. The van der Waals surface area contributed by atoms with Crippen molar-refractivity contribution in [3.05, 3.63) is 23.4 Å². The van der Waals surface area contributed by atoms with Crippen molar-refractivity contribution in [2.24, 2.45) is 0 Å². The summed E-state index contributed by atoms with van der Waals surface area (Å²) in [5.74, 6) is 1.22. The highest BCUT2D eigenvalue weighted by Gasteiger charge is 2.07. The molecule has 1 rings (SSSR count). The Morgan fingerprint density at radius 3 is 2.94 bits per heavy atom. The van der Waals surface area contributed by atoms with Gasteiger partial charge in [-0.2, -0.15) is 11.8 Å². The summed E-state index contributed by atoms with van der Waals surface area (Å²) < 4.78 is 0. The lowest BCUT2D eigenvalue weighted by molar-refractivity contribution is 0.0956. The van der Waals surface area contributed by atoms with Crippen LogP contribution in [0.2, 0.25) is 0 Å². The SMILES string of the molecule is CCc1cc(C(=O)NCCSC)cc(N)n1. The zero-order chi connectivity index (χ0) is 12.0. The molecule has 0 fully saturated rings. The van der Waals surface area contributed by atoms with Crippen molar-refractivity contribution < 1.29 is 4.79 Å². The molecule has 0 bridgehead atoms. The molecule has 0 aliphatic rings. The van der Waals surface area contributed by atoms with E-state index in [9.17, 15) is 4.79 Å². The summed E-state index contributed by atoms with van der Waals surface area (Å²) in [6.45, 7) is 2.65. The Balaban J connectivity index is 2.71. The van der Waals surface area contributed by atoms with E-state index in [1.54, 1.807) is 23.9 Å². The summed E-state index contributed by atoms with van der Waals surface area (Å²) >= 11 is 1.70. The molecule has 0 atom stereocenters. The highest BCUT2D eigenvalue weighted by molar-refractivity contribution is 7.98. The zero-order valence-corrected chi connectivity index (χ0v) is 10.4. The molecule has 1 amide bonds. The van der Waals surface area contributed by atoms with Crippen LogP contribution in [0, 0.1) is 0 Å². The summed E-state index contributed by atoms with van der Waals surface area (Å²) in [4.78, 5) is 15.9. The van der Waals surface area contributed by atoms with Crippen LogP contribution in [0.3, 0.4) is 0 Å². The molecule has 1 aromatic rings. The van der Waals surface area contributed by atoms with Crippen molar-refractivity contribution in [1.82, 2.24) is 10.3 Å². The van der Waals surface area contributed by atoms with Gasteiger partial charge in [0, 0.05) is 23.6 Å². The van der Waals surface area contributed by atoms with Gasteiger partial charge in [0.05, 0.1) is 0 Å². The quantitative estimate of drug-likeness (QED) is 0.760. The van der Waals surface area contributed by atoms with Crippen LogP contribution in [-0.4, -0.2) is 29.4 Å². The Kier molecular flexibility index (Phi) is 5.11. The van der Waals surface area contributed by atoms with Crippen molar-refractivity contribution in [2.45, 2.75) is 13.3 Å². The topological polar surface area (TPSA) is 68.0 Å². The Bertz CT molecular complexity index is 368. The van der Waals surface area contributed by atoms with Gasteiger partial charge in [-0.25, -0.2) is 4.98 Å². The molecular weight excluding hydrogens is 222 g/mol. The number of thioether (sulfide) groups is 1. The maximum Gasteiger partial charge on any atom is 0.251 e. The fraction of sp³-hybridized carbons (Fsp3) is 0.455. The highest BCUT2D eigenvalue weighted by Crippen LogP contribution is 2.08. The third-order valence-corrected chi connectivity index (χ3v) is 2.73. The number of pyridine rings is 1. The Labute approximate surface area is 100 Å². The number of aromatic nitrogens is 1. The summed E-state index contributed by atoms with van der Waals surface area (Å²) in [5, 5.41) is 2.84. The van der Waals surface area contributed by atoms with Gasteiger partial charge >= 0.3 is 0 Å². The molecule has 0 aromatic carbocycles. The van der Waals surface area contributed by atoms with Gasteiger partial charge in [-0.3, -0.25) is 4.79 Å². The zero-order valence-electron chi connectivity index (χ0n) is 9.62. The summed E-state index contributed by atoms with van der Waals surface area (Å²) in [7, 11) is 0. The van der Waals surface area contributed by atoms with Crippen LogP contribution < -0.4 is 11.1 Å². The average Bonchev–Trinajstić information content (AvgIpc) is 2.28. The van der Waals surface area contributed by atoms with Crippen LogP contribution in [0.1, 0.15) is 23.0 Å². The van der Waals surface area contributed by atoms with Crippen molar-refractivity contribution in [2.75, 3.05) is 24.3 Å². The summed E-state index contributed by atoms with van der Waals surface area (Å²) in [5.41, 5.74) is 7.06. The highest BCUT2D eigenvalue weighted by atomic mass is 32.2.